The van der Waals surface area contributed by atoms with E-state index in [1.54, 1.807) is 17.0 Å². The van der Waals surface area contributed by atoms with Gasteiger partial charge in [-0.2, -0.15) is 0 Å². The van der Waals surface area contributed by atoms with Crippen LogP contribution in [0.15, 0.2) is 48.0 Å². The Kier molecular flexibility index (Phi) is 7.92. The highest BCUT2D eigenvalue weighted by atomic mass is 16.5. The van der Waals surface area contributed by atoms with Crippen LogP contribution in [0.5, 0.6) is 5.75 Å². The number of nitrogens with zero attached hydrogens (tertiary/aromatic N) is 2. The summed E-state index contributed by atoms with van der Waals surface area (Å²) in [6.07, 6.45) is 0. The molecule has 6 heteroatoms. The number of Topliss-reactive ketones (excluding diaryl/α,β-unsaturated/α-hetero) is 1. The molecule has 1 atom stereocenters. The van der Waals surface area contributed by atoms with Crippen LogP contribution in [0.4, 0.5) is 0 Å². The van der Waals surface area contributed by atoms with Crippen molar-refractivity contribution in [1.82, 2.24) is 9.80 Å². The first-order valence-electron chi connectivity index (χ1n) is 11.6. The van der Waals surface area contributed by atoms with Gasteiger partial charge in [0, 0.05) is 18.7 Å². The van der Waals surface area contributed by atoms with Crippen LogP contribution in [-0.4, -0.2) is 59.4 Å². The van der Waals surface area contributed by atoms with Crippen LogP contribution in [0.1, 0.15) is 49.1 Å². The Morgan fingerprint density at radius 3 is 2.27 bits per heavy atom. The van der Waals surface area contributed by atoms with E-state index in [1.807, 2.05) is 51.1 Å². The van der Waals surface area contributed by atoms with Crippen molar-refractivity contribution in [3.8, 4) is 5.75 Å². The lowest BCUT2D eigenvalue weighted by molar-refractivity contribution is -0.140. The van der Waals surface area contributed by atoms with Crippen LogP contribution in [0.2, 0.25) is 0 Å². The molecule has 0 saturated carbocycles. The van der Waals surface area contributed by atoms with Crippen molar-refractivity contribution in [2.45, 2.75) is 40.7 Å². The Labute approximate surface area is 196 Å². The fraction of sp³-hybridized carbons (Fsp3) is 0.407. The lowest BCUT2D eigenvalue weighted by Crippen LogP contribution is -2.38. The topological polar surface area (TPSA) is 70.1 Å². The third-order valence-corrected chi connectivity index (χ3v) is 6.25. The van der Waals surface area contributed by atoms with E-state index in [0.717, 1.165) is 29.8 Å². The molecule has 1 N–H and O–H groups in total. The highest BCUT2D eigenvalue weighted by molar-refractivity contribution is 6.46. The highest BCUT2D eigenvalue weighted by Gasteiger charge is 2.46. The Morgan fingerprint density at radius 2 is 1.70 bits per heavy atom. The molecule has 176 valence electrons. The van der Waals surface area contributed by atoms with E-state index in [4.69, 9.17) is 4.74 Å². The van der Waals surface area contributed by atoms with Gasteiger partial charge in [-0.3, -0.25) is 9.59 Å². The standard InChI is InChI=1S/C27H34N2O4/c1-6-28(7-2)15-16-29-24(20-11-9-18(4)10-12-20)23(26(31)27(29)32)25(30)22-14-13-21(33-8-3)17-19(22)5/h9-14,17,24,30H,6-8,15-16H2,1-5H3/t24-/m0/s1. The van der Waals surface area contributed by atoms with Crippen molar-refractivity contribution in [2.75, 3.05) is 32.8 Å². The predicted octanol–water partition coefficient (Wildman–Crippen LogP) is 4.47. The average molecular weight is 451 g/mol. The summed E-state index contributed by atoms with van der Waals surface area (Å²) in [6, 6.07) is 12.5. The molecule has 1 amide bonds. The summed E-state index contributed by atoms with van der Waals surface area (Å²) in [5.74, 6) is -0.671. The first-order valence-corrected chi connectivity index (χ1v) is 11.6. The summed E-state index contributed by atoms with van der Waals surface area (Å²) in [4.78, 5) is 30.1. The van der Waals surface area contributed by atoms with Crippen LogP contribution in [0.25, 0.3) is 5.76 Å². The van der Waals surface area contributed by atoms with Crippen molar-refractivity contribution in [3.63, 3.8) is 0 Å². The zero-order valence-corrected chi connectivity index (χ0v) is 20.2. The fourth-order valence-corrected chi connectivity index (χ4v) is 4.30. The molecule has 1 aliphatic heterocycles. The molecule has 3 rings (SSSR count). The SMILES string of the molecule is CCOc1ccc(C(O)=C2C(=O)C(=O)N(CCN(CC)CC)[C@H]2c2ccc(C)cc2)c(C)c1. The molecule has 1 aliphatic rings. The third-order valence-electron chi connectivity index (χ3n) is 6.25. The number of carbonyl (C=O) groups is 2. The molecule has 2 aromatic carbocycles. The molecule has 33 heavy (non-hydrogen) atoms. The lowest BCUT2D eigenvalue weighted by atomic mass is 9.93. The van der Waals surface area contributed by atoms with Gasteiger partial charge >= 0.3 is 0 Å². The van der Waals surface area contributed by atoms with Gasteiger partial charge in [-0.25, -0.2) is 0 Å². The average Bonchev–Trinajstić information content (AvgIpc) is 3.05. The Morgan fingerprint density at radius 1 is 1.03 bits per heavy atom. The first-order chi connectivity index (χ1) is 15.8. The van der Waals surface area contributed by atoms with E-state index in [1.165, 1.54) is 0 Å². The maximum Gasteiger partial charge on any atom is 0.295 e. The molecule has 0 radical (unpaired) electrons. The molecular weight excluding hydrogens is 416 g/mol. The van der Waals surface area contributed by atoms with Crippen molar-refractivity contribution < 1.29 is 19.4 Å². The number of ether oxygens (including phenoxy) is 1. The Bertz CT molecular complexity index is 1040. The second kappa shape index (κ2) is 10.7. The minimum Gasteiger partial charge on any atom is -0.507 e. The minimum atomic E-state index is -0.647. The minimum absolute atomic E-state index is 0.135. The van der Waals surface area contributed by atoms with E-state index in [9.17, 15) is 14.7 Å². The molecule has 2 aromatic rings. The van der Waals surface area contributed by atoms with Gasteiger partial charge in [0.1, 0.15) is 11.5 Å². The number of aryl methyl sites for hydroxylation is 2. The van der Waals surface area contributed by atoms with Crippen molar-refractivity contribution in [1.29, 1.82) is 0 Å². The molecule has 0 aromatic heterocycles. The van der Waals surface area contributed by atoms with Gasteiger partial charge in [0.25, 0.3) is 11.7 Å². The second-order valence-electron chi connectivity index (χ2n) is 8.34. The van der Waals surface area contributed by atoms with E-state index < -0.39 is 17.7 Å². The van der Waals surface area contributed by atoms with Gasteiger partial charge in [-0.15, -0.1) is 0 Å². The number of rotatable bonds is 9. The molecule has 1 fully saturated rings. The molecule has 0 bridgehead atoms. The third kappa shape index (κ3) is 5.11. The smallest absolute Gasteiger partial charge is 0.295 e. The van der Waals surface area contributed by atoms with Gasteiger partial charge in [-0.1, -0.05) is 43.7 Å². The molecule has 0 aliphatic carbocycles. The number of hydrogen-bond acceptors (Lipinski definition) is 5. The number of ketones is 1. The number of carbonyl (C=O) groups excluding carboxylic acids is 2. The van der Waals surface area contributed by atoms with Crippen molar-refractivity contribution in [3.05, 3.63) is 70.3 Å². The highest BCUT2D eigenvalue weighted by Crippen LogP contribution is 2.40. The van der Waals surface area contributed by atoms with Gasteiger partial charge in [0.15, 0.2) is 0 Å². The zero-order chi connectivity index (χ0) is 24.1. The normalized spacial score (nSPS) is 17.8. The van der Waals surface area contributed by atoms with E-state index in [2.05, 4.69) is 18.7 Å². The molecule has 1 heterocycles. The van der Waals surface area contributed by atoms with E-state index in [0.29, 0.717) is 31.0 Å². The summed E-state index contributed by atoms with van der Waals surface area (Å²) >= 11 is 0. The van der Waals surface area contributed by atoms with Crippen LogP contribution < -0.4 is 4.74 Å². The van der Waals surface area contributed by atoms with Gasteiger partial charge < -0.3 is 19.6 Å². The number of benzene rings is 2. The zero-order valence-electron chi connectivity index (χ0n) is 20.2. The second-order valence-corrected chi connectivity index (χ2v) is 8.34. The van der Waals surface area contributed by atoms with Crippen LogP contribution in [0.3, 0.4) is 0 Å². The number of hydrogen-bond donors (Lipinski definition) is 1. The van der Waals surface area contributed by atoms with Gasteiger partial charge in [0.05, 0.1) is 18.2 Å². The first kappa shape index (κ1) is 24.5. The quantitative estimate of drug-likeness (QED) is 0.347. The summed E-state index contributed by atoms with van der Waals surface area (Å²) in [5, 5.41) is 11.3. The number of amides is 1. The fourth-order valence-electron chi connectivity index (χ4n) is 4.30. The predicted molar refractivity (Wildman–Crippen MR) is 130 cm³/mol. The lowest BCUT2D eigenvalue weighted by Gasteiger charge is -2.28. The van der Waals surface area contributed by atoms with Crippen LogP contribution in [0, 0.1) is 13.8 Å². The van der Waals surface area contributed by atoms with Crippen LogP contribution >= 0.6 is 0 Å². The maximum absolute atomic E-state index is 13.2. The Balaban J connectivity index is 2.10. The number of aliphatic hydroxyl groups is 1. The summed E-state index contributed by atoms with van der Waals surface area (Å²) in [6.45, 7) is 13.2. The number of likely N-dealkylation sites (tertiary alicyclic amines) is 1. The molecule has 1 saturated heterocycles. The number of aliphatic hydroxyl groups excluding tert-OH is 1. The van der Waals surface area contributed by atoms with E-state index in [-0.39, 0.29) is 11.3 Å². The molecule has 0 spiro atoms. The van der Waals surface area contributed by atoms with Crippen molar-refractivity contribution in [2.24, 2.45) is 0 Å². The van der Waals surface area contributed by atoms with Crippen LogP contribution in [-0.2, 0) is 9.59 Å². The Hall–Kier alpha value is -3.12. The van der Waals surface area contributed by atoms with Crippen molar-refractivity contribution >= 4 is 17.4 Å². The monoisotopic (exact) mass is 450 g/mol. The summed E-state index contributed by atoms with van der Waals surface area (Å²) < 4.78 is 5.55. The summed E-state index contributed by atoms with van der Waals surface area (Å²) in [7, 11) is 0. The maximum atomic E-state index is 13.2. The largest absolute Gasteiger partial charge is 0.507 e. The van der Waals surface area contributed by atoms with E-state index >= 15 is 0 Å². The molecule has 6 nitrogen and oxygen atoms in total. The summed E-state index contributed by atoms with van der Waals surface area (Å²) in [5.41, 5.74) is 3.33. The molecule has 0 unspecified atom stereocenters. The number of likely N-dealkylation sites (N-methyl/N-ethyl adjacent to an activating group) is 1. The van der Waals surface area contributed by atoms with Gasteiger partial charge in [0.2, 0.25) is 0 Å². The van der Waals surface area contributed by atoms with Gasteiger partial charge in [-0.05, 0) is 63.2 Å². The molecular formula is C27H34N2O4.